The number of likely N-dealkylation sites (tertiary alicyclic amines) is 1. The molecular formula is C18H23N3OS. The first-order valence-electron chi connectivity index (χ1n) is 8.22. The van der Waals surface area contributed by atoms with Crippen LogP contribution < -0.4 is 5.32 Å². The molecule has 0 spiro atoms. The molecule has 1 aromatic heterocycles. The number of thiazole rings is 1. The minimum Gasteiger partial charge on any atom is -0.343 e. The average Bonchev–Trinajstić information content (AvgIpc) is 3.17. The quantitative estimate of drug-likeness (QED) is 0.793. The number of benzene rings is 1. The van der Waals surface area contributed by atoms with E-state index in [-0.39, 0.29) is 0 Å². The highest BCUT2D eigenvalue weighted by molar-refractivity contribution is 7.13. The van der Waals surface area contributed by atoms with Gasteiger partial charge in [-0.1, -0.05) is 29.8 Å². The van der Waals surface area contributed by atoms with Crippen LogP contribution >= 0.6 is 11.3 Å². The Kier molecular flexibility index (Phi) is 5.41. The highest BCUT2D eigenvalue weighted by Crippen LogP contribution is 2.23. The first-order chi connectivity index (χ1) is 11.2. The van der Waals surface area contributed by atoms with Crippen molar-refractivity contribution in [1.82, 2.24) is 15.2 Å². The van der Waals surface area contributed by atoms with Crippen LogP contribution in [-0.2, 0) is 11.3 Å². The second-order valence-electron chi connectivity index (χ2n) is 6.02. The Labute approximate surface area is 141 Å². The maximum absolute atomic E-state index is 11.5. The topological polar surface area (TPSA) is 45.2 Å². The van der Waals surface area contributed by atoms with Gasteiger partial charge in [0.2, 0.25) is 5.91 Å². The normalized spacial score (nSPS) is 14.7. The lowest BCUT2D eigenvalue weighted by Gasteiger charge is -2.15. The van der Waals surface area contributed by atoms with Gasteiger partial charge in [0.25, 0.3) is 0 Å². The molecule has 1 amide bonds. The van der Waals surface area contributed by atoms with E-state index in [4.69, 9.17) is 0 Å². The first-order valence-corrected chi connectivity index (χ1v) is 9.10. The van der Waals surface area contributed by atoms with Crippen LogP contribution in [0.1, 0.15) is 30.5 Å². The maximum atomic E-state index is 11.5. The Morgan fingerprint density at radius 3 is 2.87 bits per heavy atom. The van der Waals surface area contributed by atoms with E-state index in [1.165, 1.54) is 11.1 Å². The van der Waals surface area contributed by atoms with E-state index in [2.05, 4.69) is 46.9 Å². The third-order valence-electron chi connectivity index (χ3n) is 4.11. The molecule has 1 aliphatic rings. The van der Waals surface area contributed by atoms with E-state index >= 15 is 0 Å². The van der Waals surface area contributed by atoms with Gasteiger partial charge in [-0.05, 0) is 26.3 Å². The van der Waals surface area contributed by atoms with Crippen molar-refractivity contribution in [1.29, 1.82) is 0 Å². The number of hydrogen-bond donors (Lipinski definition) is 1. The summed E-state index contributed by atoms with van der Waals surface area (Å²) in [5.74, 6) is 0.312. The van der Waals surface area contributed by atoms with Crippen LogP contribution in [-0.4, -0.2) is 35.4 Å². The van der Waals surface area contributed by atoms with E-state index in [0.717, 1.165) is 56.1 Å². The molecule has 0 atom stereocenters. The number of carbonyl (C=O) groups is 1. The van der Waals surface area contributed by atoms with Crippen LogP contribution in [0.4, 0.5) is 0 Å². The number of aromatic nitrogens is 1. The SMILES string of the molecule is Cc1ccc(-c2nc(CNCCCN3CCCC3=O)cs2)cc1. The number of aryl methyl sites for hydroxylation is 1. The van der Waals surface area contributed by atoms with Crippen LogP contribution in [0.3, 0.4) is 0 Å². The Hall–Kier alpha value is -1.72. The zero-order valence-corrected chi connectivity index (χ0v) is 14.4. The molecule has 3 rings (SSSR count). The van der Waals surface area contributed by atoms with Gasteiger partial charge in [-0.3, -0.25) is 4.79 Å². The molecule has 1 fully saturated rings. The number of amides is 1. The second kappa shape index (κ2) is 7.70. The molecule has 0 radical (unpaired) electrons. The number of rotatable bonds is 7. The number of carbonyl (C=O) groups excluding carboxylic acids is 1. The number of hydrogen-bond acceptors (Lipinski definition) is 4. The zero-order valence-electron chi connectivity index (χ0n) is 13.5. The Morgan fingerprint density at radius 2 is 2.13 bits per heavy atom. The molecule has 1 saturated heterocycles. The van der Waals surface area contributed by atoms with Crippen LogP contribution in [0.25, 0.3) is 10.6 Å². The average molecular weight is 329 g/mol. The van der Waals surface area contributed by atoms with Crippen LogP contribution in [0.15, 0.2) is 29.6 Å². The minimum absolute atomic E-state index is 0.312. The predicted octanol–water partition coefficient (Wildman–Crippen LogP) is 3.22. The molecule has 0 unspecified atom stereocenters. The van der Waals surface area contributed by atoms with E-state index in [9.17, 15) is 4.79 Å². The van der Waals surface area contributed by atoms with Crippen molar-refractivity contribution >= 4 is 17.2 Å². The summed E-state index contributed by atoms with van der Waals surface area (Å²) < 4.78 is 0. The molecule has 122 valence electrons. The summed E-state index contributed by atoms with van der Waals surface area (Å²) in [4.78, 5) is 18.2. The summed E-state index contributed by atoms with van der Waals surface area (Å²) in [6.45, 7) is 5.61. The molecule has 2 heterocycles. The molecule has 1 aromatic carbocycles. The van der Waals surface area contributed by atoms with Gasteiger partial charge in [-0.25, -0.2) is 4.98 Å². The third kappa shape index (κ3) is 4.39. The standard InChI is InChI=1S/C18H23N3OS/c1-14-5-7-15(8-6-14)18-20-16(13-23-18)12-19-9-3-11-21-10-2-4-17(21)22/h5-8,13,19H,2-4,9-12H2,1H3. The fraction of sp³-hybridized carbons (Fsp3) is 0.444. The van der Waals surface area contributed by atoms with Crippen molar-refractivity contribution in [2.45, 2.75) is 32.7 Å². The molecule has 0 saturated carbocycles. The number of nitrogens with one attached hydrogen (secondary N) is 1. The lowest BCUT2D eigenvalue weighted by atomic mass is 10.2. The highest BCUT2D eigenvalue weighted by Gasteiger charge is 2.18. The fourth-order valence-electron chi connectivity index (χ4n) is 2.77. The molecule has 1 aliphatic heterocycles. The third-order valence-corrected chi connectivity index (χ3v) is 5.05. The summed E-state index contributed by atoms with van der Waals surface area (Å²) in [6, 6.07) is 8.49. The molecular weight excluding hydrogens is 306 g/mol. The van der Waals surface area contributed by atoms with Crippen molar-refractivity contribution < 1.29 is 4.79 Å². The number of nitrogens with zero attached hydrogens (tertiary/aromatic N) is 2. The molecule has 1 N–H and O–H groups in total. The van der Waals surface area contributed by atoms with E-state index < -0.39 is 0 Å². The largest absolute Gasteiger partial charge is 0.343 e. The van der Waals surface area contributed by atoms with Gasteiger partial charge in [-0.2, -0.15) is 0 Å². The zero-order chi connectivity index (χ0) is 16.1. The molecule has 2 aromatic rings. The van der Waals surface area contributed by atoms with Gasteiger partial charge in [0.1, 0.15) is 5.01 Å². The van der Waals surface area contributed by atoms with Crippen LogP contribution in [0.5, 0.6) is 0 Å². The Bertz CT molecular complexity index is 651. The summed E-state index contributed by atoms with van der Waals surface area (Å²) in [5.41, 5.74) is 3.53. The predicted molar refractivity (Wildman–Crippen MR) is 94.4 cm³/mol. The van der Waals surface area contributed by atoms with E-state index in [0.29, 0.717) is 5.91 Å². The lowest BCUT2D eigenvalue weighted by Crippen LogP contribution is -2.28. The summed E-state index contributed by atoms with van der Waals surface area (Å²) in [6.07, 6.45) is 2.75. The molecule has 4 nitrogen and oxygen atoms in total. The highest BCUT2D eigenvalue weighted by atomic mass is 32.1. The Morgan fingerprint density at radius 1 is 1.30 bits per heavy atom. The van der Waals surface area contributed by atoms with Gasteiger partial charge in [0.05, 0.1) is 5.69 Å². The summed E-state index contributed by atoms with van der Waals surface area (Å²) in [7, 11) is 0. The summed E-state index contributed by atoms with van der Waals surface area (Å²) >= 11 is 1.69. The van der Waals surface area contributed by atoms with Crippen molar-refractivity contribution in [2.24, 2.45) is 0 Å². The van der Waals surface area contributed by atoms with Gasteiger partial charge >= 0.3 is 0 Å². The van der Waals surface area contributed by atoms with Crippen LogP contribution in [0.2, 0.25) is 0 Å². The molecule has 23 heavy (non-hydrogen) atoms. The van der Waals surface area contributed by atoms with Crippen molar-refractivity contribution in [2.75, 3.05) is 19.6 Å². The summed E-state index contributed by atoms with van der Waals surface area (Å²) in [5, 5.41) is 6.61. The minimum atomic E-state index is 0.312. The van der Waals surface area contributed by atoms with Gasteiger partial charge in [0.15, 0.2) is 0 Å². The Balaban J connectivity index is 1.41. The van der Waals surface area contributed by atoms with E-state index in [1.54, 1.807) is 11.3 Å². The smallest absolute Gasteiger partial charge is 0.222 e. The van der Waals surface area contributed by atoms with Gasteiger partial charge in [0, 0.05) is 37.0 Å². The van der Waals surface area contributed by atoms with Crippen molar-refractivity contribution in [3.05, 3.63) is 40.9 Å². The van der Waals surface area contributed by atoms with Gasteiger partial charge in [-0.15, -0.1) is 11.3 Å². The molecule has 0 aliphatic carbocycles. The van der Waals surface area contributed by atoms with Crippen LogP contribution in [0, 0.1) is 6.92 Å². The first kappa shape index (κ1) is 16.1. The maximum Gasteiger partial charge on any atom is 0.222 e. The molecule has 5 heteroatoms. The lowest BCUT2D eigenvalue weighted by molar-refractivity contribution is -0.127. The fourth-order valence-corrected chi connectivity index (χ4v) is 3.59. The second-order valence-corrected chi connectivity index (χ2v) is 6.88. The van der Waals surface area contributed by atoms with Crippen molar-refractivity contribution in [3.8, 4) is 10.6 Å². The monoisotopic (exact) mass is 329 g/mol. The van der Waals surface area contributed by atoms with Gasteiger partial charge < -0.3 is 10.2 Å². The molecule has 0 bridgehead atoms. The van der Waals surface area contributed by atoms with Crippen molar-refractivity contribution in [3.63, 3.8) is 0 Å². The van der Waals surface area contributed by atoms with E-state index in [1.807, 2.05) is 4.90 Å².